The van der Waals surface area contributed by atoms with Crippen LogP contribution in [0.2, 0.25) is 0 Å². The van der Waals surface area contributed by atoms with Gasteiger partial charge in [0, 0.05) is 38.1 Å². The molecule has 4 aliphatic rings. The Hall–Kier alpha value is -1.79. The third-order valence-corrected chi connectivity index (χ3v) is 7.02. The van der Waals surface area contributed by atoms with E-state index in [1.807, 2.05) is 9.80 Å². The lowest BCUT2D eigenvalue weighted by Gasteiger charge is -2.35. The molecule has 144 valence electrons. The van der Waals surface area contributed by atoms with Crippen molar-refractivity contribution >= 4 is 17.9 Å². The molecule has 0 unspecified atom stereocenters. The van der Waals surface area contributed by atoms with Crippen LogP contribution in [0.25, 0.3) is 0 Å². The zero-order valence-corrected chi connectivity index (χ0v) is 15.2. The van der Waals surface area contributed by atoms with Crippen molar-refractivity contribution in [2.24, 2.45) is 23.7 Å². The molecule has 0 aromatic carbocycles. The summed E-state index contributed by atoms with van der Waals surface area (Å²) < 4.78 is 0. The molecule has 2 aliphatic heterocycles. The molecule has 2 saturated heterocycles. The van der Waals surface area contributed by atoms with Gasteiger partial charge in [-0.15, -0.1) is 0 Å². The number of aliphatic carboxylic acids is 1. The molecule has 4 fully saturated rings. The third kappa shape index (κ3) is 3.16. The molecule has 0 aromatic rings. The predicted molar refractivity (Wildman–Crippen MR) is 94.4 cm³/mol. The number of amides is 3. The standard InChI is InChI=1S/C19H29N3O4/c23-17(20-16-14-4-3-13(11-14)15(16)18(24)25)12-5-9-22(10-6-12)19(26)21-7-1-2-8-21/h12-16H,1-11H2,(H,20,23)(H,24,25)/t13-,14+,15+,16-/m1/s1. The first kappa shape index (κ1) is 17.6. The fourth-order valence-electron chi connectivity index (χ4n) is 5.58. The number of nitrogens with one attached hydrogen (secondary N) is 1. The molecule has 7 nitrogen and oxygen atoms in total. The van der Waals surface area contributed by atoms with Gasteiger partial charge < -0.3 is 20.2 Å². The van der Waals surface area contributed by atoms with Crippen molar-refractivity contribution in [3.05, 3.63) is 0 Å². The van der Waals surface area contributed by atoms with E-state index in [1.54, 1.807) is 0 Å². The zero-order valence-electron chi connectivity index (χ0n) is 15.2. The number of rotatable bonds is 3. The minimum absolute atomic E-state index is 0.0120. The van der Waals surface area contributed by atoms with Gasteiger partial charge in [-0.3, -0.25) is 9.59 Å². The summed E-state index contributed by atoms with van der Waals surface area (Å²) in [6.07, 6.45) is 6.45. The number of carboxylic acids is 1. The highest BCUT2D eigenvalue weighted by atomic mass is 16.4. The quantitative estimate of drug-likeness (QED) is 0.796. The van der Waals surface area contributed by atoms with Crippen LogP contribution in [0.4, 0.5) is 4.79 Å². The van der Waals surface area contributed by atoms with E-state index in [0.717, 1.165) is 45.2 Å². The highest BCUT2D eigenvalue weighted by Gasteiger charge is 2.51. The second-order valence-electron chi connectivity index (χ2n) is 8.47. The third-order valence-electron chi connectivity index (χ3n) is 7.02. The van der Waals surface area contributed by atoms with Crippen LogP contribution in [0.1, 0.15) is 44.9 Å². The molecule has 0 aromatic heterocycles. The van der Waals surface area contributed by atoms with Gasteiger partial charge in [-0.05, 0) is 56.8 Å². The number of nitrogens with zero attached hydrogens (tertiary/aromatic N) is 2. The summed E-state index contributed by atoms with van der Waals surface area (Å²) in [6, 6.07) is -0.0941. The maximum atomic E-state index is 12.7. The molecule has 3 amide bonds. The molecule has 2 N–H and O–H groups in total. The zero-order chi connectivity index (χ0) is 18.3. The Morgan fingerprint density at radius 3 is 2.12 bits per heavy atom. The summed E-state index contributed by atoms with van der Waals surface area (Å²) in [7, 11) is 0. The van der Waals surface area contributed by atoms with Gasteiger partial charge in [0.1, 0.15) is 0 Å². The molecule has 7 heteroatoms. The summed E-state index contributed by atoms with van der Waals surface area (Å²) in [5, 5.41) is 12.6. The number of carbonyl (C=O) groups is 3. The van der Waals surface area contributed by atoms with Crippen molar-refractivity contribution in [1.29, 1.82) is 0 Å². The summed E-state index contributed by atoms with van der Waals surface area (Å²) in [5.74, 6) is -0.763. The van der Waals surface area contributed by atoms with Crippen molar-refractivity contribution in [3.63, 3.8) is 0 Å². The lowest BCUT2D eigenvalue weighted by Crippen LogP contribution is -2.51. The Kier molecular flexibility index (Phi) is 4.80. The van der Waals surface area contributed by atoms with Gasteiger partial charge in [-0.1, -0.05) is 0 Å². The highest BCUT2D eigenvalue weighted by Crippen LogP contribution is 2.48. The van der Waals surface area contributed by atoms with E-state index in [-0.39, 0.29) is 29.8 Å². The maximum absolute atomic E-state index is 12.7. The number of urea groups is 1. The SMILES string of the molecule is O=C(N[C@@H]1[C@H]2CC[C@H](C2)[C@@H]1C(=O)O)C1CCN(C(=O)N2CCCC2)CC1. The minimum atomic E-state index is -0.770. The molecule has 2 heterocycles. The smallest absolute Gasteiger partial charge is 0.319 e. The summed E-state index contributed by atoms with van der Waals surface area (Å²) in [6.45, 7) is 2.93. The average Bonchev–Trinajstić information content (AvgIpc) is 3.38. The summed E-state index contributed by atoms with van der Waals surface area (Å²) >= 11 is 0. The van der Waals surface area contributed by atoms with Gasteiger partial charge >= 0.3 is 12.0 Å². The van der Waals surface area contributed by atoms with Crippen LogP contribution in [-0.2, 0) is 9.59 Å². The van der Waals surface area contributed by atoms with Crippen LogP contribution in [0.3, 0.4) is 0 Å². The molecular formula is C19H29N3O4. The number of carboxylic acid groups (broad SMARTS) is 1. The number of hydrogen-bond acceptors (Lipinski definition) is 3. The largest absolute Gasteiger partial charge is 0.481 e. The van der Waals surface area contributed by atoms with Crippen molar-refractivity contribution in [1.82, 2.24) is 15.1 Å². The second-order valence-corrected chi connectivity index (χ2v) is 8.47. The van der Waals surface area contributed by atoms with E-state index in [2.05, 4.69) is 5.32 Å². The molecule has 26 heavy (non-hydrogen) atoms. The van der Waals surface area contributed by atoms with E-state index >= 15 is 0 Å². The molecule has 2 saturated carbocycles. The summed E-state index contributed by atoms with van der Waals surface area (Å²) in [4.78, 5) is 40.5. The molecule has 2 aliphatic carbocycles. The maximum Gasteiger partial charge on any atom is 0.319 e. The second kappa shape index (κ2) is 7.08. The number of hydrogen-bond donors (Lipinski definition) is 2. The average molecular weight is 363 g/mol. The van der Waals surface area contributed by atoms with E-state index in [9.17, 15) is 19.5 Å². The van der Waals surface area contributed by atoms with Gasteiger partial charge in [0.25, 0.3) is 0 Å². The summed E-state index contributed by atoms with van der Waals surface area (Å²) in [5.41, 5.74) is 0. The monoisotopic (exact) mass is 363 g/mol. The number of fused-ring (bicyclic) bond motifs is 2. The van der Waals surface area contributed by atoms with Gasteiger partial charge in [-0.25, -0.2) is 4.79 Å². The van der Waals surface area contributed by atoms with Gasteiger partial charge in [0.15, 0.2) is 0 Å². The normalized spacial score (nSPS) is 34.3. The molecule has 0 spiro atoms. The van der Waals surface area contributed by atoms with E-state index in [1.165, 1.54) is 0 Å². The van der Waals surface area contributed by atoms with Crippen molar-refractivity contribution in [2.45, 2.75) is 51.0 Å². The first-order valence-corrected chi connectivity index (χ1v) is 10.1. The fourth-order valence-corrected chi connectivity index (χ4v) is 5.58. The van der Waals surface area contributed by atoms with Gasteiger partial charge in [-0.2, -0.15) is 0 Å². The molecule has 0 radical (unpaired) electrons. The topological polar surface area (TPSA) is 90.0 Å². The van der Waals surface area contributed by atoms with Crippen molar-refractivity contribution in [3.8, 4) is 0 Å². The van der Waals surface area contributed by atoms with E-state index in [4.69, 9.17) is 0 Å². The molecular weight excluding hydrogens is 334 g/mol. The Morgan fingerprint density at radius 1 is 0.846 bits per heavy atom. The fraction of sp³-hybridized carbons (Fsp3) is 0.842. The van der Waals surface area contributed by atoms with Crippen LogP contribution < -0.4 is 5.32 Å². The molecule has 2 bridgehead atoms. The van der Waals surface area contributed by atoms with Crippen LogP contribution in [0.15, 0.2) is 0 Å². The van der Waals surface area contributed by atoms with Crippen LogP contribution in [0, 0.1) is 23.7 Å². The highest BCUT2D eigenvalue weighted by molar-refractivity contribution is 5.81. The van der Waals surface area contributed by atoms with Gasteiger partial charge in [0.2, 0.25) is 5.91 Å². The minimum Gasteiger partial charge on any atom is -0.481 e. The van der Waals surface area contributed by atoms with Crippen LogP contribution >= 0.6 is 0 Å². The predicted octanol–water partition coefficient (Wildman–Crippen LogP) is 1.53. The lowest BCUT2D eigenvalue weighted by molar-refractivity contribution is -0.145. The lowest BCUT2D eigenvalue weighted by atomic mass is 9.84. The molecule has 4 rings (SSSR count). The van der Waals surface area contributed by atoms with Crippen molar-refractivity contribution in [2.75, 3.05) is 26.2 Å². The number of likely N-dealkylation sites (tertiary alicyclic amines) is 2. The van der Waals surface area contributed by atoms with E-state index in [0.29, 0.717) is 31.8 Å². The van der Waals surface area contributed by atoms with Gasteiger partial charge in [0.05, 0.1) is 5.92 Å². The Balaban J connectivity index is 1.30. The Bertz CT molecular complexity index is 581. The Morgan fingerprint density at radius 2 is 1.46 bits per heavy atom. The Labute approximate surface area is 154 Å². The molecule has 4 atom stereocenters. The number of carbonyl (C=O) groups excluding carboxylic acids is 2. The van der Waals surface area contributed by atoms with E-state index < -0.39 is 11.9 Å². The van der Waals surface area contributed by atoms with Crippen LogP contribution in [0.5, 0.6) is 0 Å². The van der Waals surface area contributed by atoms with Crippen LogP contribution in [-0.4, -0.2) is 65.0 Å². The number of piperidine rings is 1. The first-order chi connectivity index (χ1) is 12.5. The van der Waals surface area contributed by atoms with Crippen molar-refractivity contribution < 1.29 is 19.5 Å². The first-order valence-electron chi connectivity index (χ1n) is 10.1.